The minimum absolute atomic E-state index is 0.228. The minimum Gasteiger partial charge on any atom is -0.466 e. The first-order valence-electron chi connectivity index (χ1n) is 4.23. The lowest BCUT2D eigenvalue weighted by Crippen LogP contribution is -2.15. The van der Waals surface area contributed by atoms with Crippen molar-refractivity contribution in [1.29, 1.82) is 0 Å². The predicted octanol–water partition coefficient (Wildman–Crippen LogP) is 1.76. The molecule has 0 aliphatic carbocycles. The molecule has 13 heavy (non-hydrogen) atoms. The fraction of sp³-hybridized carbons (Fsp3) is 0.667. The molecule has 0 aromatic rings. The molecule has 0 aliphatic rings. The fourth-order valence-electron chi connectivity index (χ4n) is 0.871. The van der Waals surface area contributed by atoms with Gasteiger partial charge in [-0.15, -0.1) is 0 Å². The number of hydrogen-bond donors (Lipinski definition) is 1. The monoisotopic (exact) mass is 188 g/mol. The summed E-state index contributed by atoms with van der Waals surface area (Å²) in [7, 11) is 0. The summed E-state index contributed by atoms with van der Waals surface area (Å²) in [5, 5.41) is 8.43. The smallest absolute Gasteiger partial charge is 0.305 e. The number of esters is 1. The maximum atomic E-state index is 10.9. The first kappa shape index (κ1) is 12.1. The quantitative estimate of drug-likeness (QED) is 0.298. The molecule has 0 bridgehead atoms. The highest BCUT2D eigenvalue weighted by molar-refractivity contribution is 5.69. The number of carbonyl (C=O) groups excluding carboxylic acids is 1. The molecule has 1 unspecified atom stereocenters. The molecule has 1 atom stereocenters. The third-order valence-corrected chi connectivity index (χ3v) is 1.59. The Morgan fingerprint density at radius 1 is 1.62 bits per heavy atom. The number of rotatable bonds is 6. The molecule has 0 saturated carbocycles. The van der Waals surface area contributed by atoms with Crippen LogP contribution < -0.4 is 0 Å². The van der Waals surface area contributed by atoms with E-state index in [0.717, 1.165) is 0 Å². The molecule has 0 heterocycles. The van der Waals surface area contributed by atoms with Gasteiger partial charge in [0.15, 0.2) is 0 Å². The Morgan fingerprint density at radius 3 is 2.62 bits per heavy atom. The van der Waals surface area contributed by atoms with Crippen LogP contribution in [-0.2, 0) is 14.4 Å². The second kappa shape index (κ2) is 6.62. The van der Waals surface area contributed by atoms with Gasteiger partial charge in [-0.1, -0.05) is 6.58 Å². The van der Waals surface area contributed by atoms with Crippen molar-refractivity contribution < 1.29 is 19.7 Å². The number of carbonyl (C=O) groups is 1. The number of ether oxygens (including phenoxy) is 1. The van der Waals surface area contributed by atoms with Crippen LogP contribution in [0.25, 0.3) is 0 Å². The van der Waals surface area contributed by atoms with Gasteiger partial charge < -0.3 is 4.74 Å². The molecule has 0 radical (unpaired) electrons. The van der Waals surface area contributed by atoms with Crippen LogP contribution in [0, 0.1) is 0 Å². The average molecular weight is 188 g/mol. The summed E-state index contributed by atoms with van der Waals surface area (Å²) in [6.45, 7) is 7.46. The van der Waals surface area contributed by atoms with Crippen molar-refractivity contribution in [2.45, 2.75) is 32.8 Å². The lowest BCUT2D eigenvalue weighted by Gasteiger charge is -2.11. The first-order valence-corrected chi connectivity index (χ1v) is 4.23. The van der Waals surface area contributed by atoms with Crippen molar-refractivity contribution in [2.75, 3.05) is 6.61 Å². The maximum absolute atomic E-state index is 10.9. The zero-order valence-electron chi connectivity index (χ0n) is 8.08. The minimum atomic E-state index is -0.482. The second-order valence-electron chi connectivity index (χ2n) is 2.78. The van der Waals surface area contributed by atoms with Crippen LogP contribution in [0.1, 0.15) is 26.7 Å². The molecule has 0 saturated heterocycles. The van der Waals surface area contributed by atoms with E-state index in [1.807, 2.05) is 0 Å². The average Bonchev–Trinajstić information content (AvgIpc) is 2.05. The van der Waals surface area contributed by atoms with Crippen LogP contribution in [0.15, 0.2) is 12.2 Å². The van der Waals surface area contributed by atoms with Crippen LogP contribution in [0.3, 0.4) is 0 Å². The van der Waals surface area contributed by atoms with E-state index in [2.05, 4.69) is 11.5 Å². The van der Waals surface area contributed by atoms with E-state index in [1.54, 1.807) is 13.8 Å². The van der Waals surface area contributed by atoms with Gasteiger partial charge >= 0.3 is 5.97 Å². The van der Waals surface area contributed by atoms with Gasteiger partial charge in [-0.05, 0) is 25.8 Å². The summed E-state index contributed by atoms with van der Waals surface area (Å²) < 4.78 is 4.71. The third kappa shape index (κ3) is 5.38. The van der Waals surface area contributed by atoms with E-state index in [9.17, 15) is 4.79 Å². The van der Waals surface area contributed by atoms with E-state index in [4.69, 9.17) is 9.99 Å². The molecule has 0 aromatic heterocycles. The van der Waals surface area contributed by atoms with Crippen molar-refractivity contribution in [3.8, 4) is 0 Å². The molecule has 0 amide bonds. The summed E-state index contributed by atoms with van der Waals surface area (Å²) in [5.74, 6) is -0.286. The van der Waals surface area contributed by atoms with Gasteiger partial charge in [0.1, 0.15) is 6.10 Å². The summed E-state index contributed by atoms with van der Waals surface area (Å²) in [6, 6.07) is 0. The van der Waals surface area contributed by atoms with Gasteiger partial charge in [0.05, 0.1) is 6.61 Å². The number of hydrogen-bond acceptors (Lipinski definition) is 4. The highest BCUT2D eigenvalue weighted by Crippen LogP contribution is 2.10. The van der Waals surface area contributed by atoms with E-state index in [-0.39, 0.29) is 12.4 Å². The first-order chi connectivity index (χ1) is 6.11. The molecular weight excluding hydrogens is 172 g/mol. The Kier molecular flexibility index (Phi) is 6.18. The van der Waals surface area contributed by atoms with Crippen LogP contribution in [-0.4, -0.2) is 23.9 Å². The summed E-state index contributed by atoms with van der Waals surface area (Å²) in [5.41, 5.74) is 0.687. The summed E-state index contributed by atoms with van der Waals surface area (Å²) >= 11 is 0. The Morgan fingerprint density at radius 2 is 2.23 bits per heavy atom. The van der Waals surface area contributed by atoms with Gasteiger partial charge in [-0.25, -0.2) is 4.89 Å². The SMILES string of the molecule is C=C(C)C(CCC(=O)OCC)OO. The topological polar surface area (TPSA) is 55.8 Å². The normalized spacial score (nSPS) is 12.2. The van der Waals surface area contributed by atoms with Crippen molar-refractivity contribution >= 4 is 5.97 Å². The predicted molar refractivity (Wildman–Crippen MR) is 48.2 cm³/mol. The second-order valence-corrected chi connectivity index (χ2v) is 2.78. The highest BCUT2D eigenvalue weighted by Gasteiger charge is 2.12. The van der Waals surface area contributed by atoms with Gasteiger partial charge in [0.25, 0.3) is 0 Å². The maximum Gasteiger partial charge on any atom is 0.305 e. The molecule has 0 rings (SSSR count). The van der Waals surface area contributed by atoms with Gasteiger partial charge in [-0.3, -0.25) is 10.1 Å². The summed E-state index contributed by atoms with van der Waals surface area (Å²) in [4.78, 5) is 15.0. The van der Waals surface area contributed by atoms with Crippen LogP contribution in [0.2, 0.25) is 0 Å². The molecule has 1 N–H and O–H groups in total. The van der Waals surface area contributed by atoms with E-state index in [1.165, 1.54) is 0 Å². The summed E-state index contributed by atoms with van der Waals surface area (Å²) in [6.07, 6.45) is 0.140. The molecule has 0 spiro atoms. The lowest BCUT2D eigenvalue weighted by atomic mass is 10.1. The van der Waals surface area contributed by atoms with Crippen LogP contribution >= 0.6 is 0 Å². The molecule has 0 aromatic carbocycles. The lowest BCUT2D eigenvalue weighted by molar-refractivity contribution is -0.269. The molecule has 76 valence electrons. The van der Waals surface area contributed by atoms with Crippen molar-refractivity contribution in [3.05, 3.63) is 12.2 Å². The van der Waals surface area contributed by atoms with E-state index >= 15 is 0 Å². The van der Waals surface area contributed by atoms with Crippen LogP contribution in [0.5, 0.6) is 0 Å². The highest BCUT2D eigenvalue weighted by atomic mass is 17.1. The van der Waals surface area contributed by atoms with E-state index in [0.29, 0.717) is 18.6 Å². The largest absolute Gasteiger partial charge is 0.466 e. The van der Waals surface area contributed by atoms with Crippen LogP contribution in [0.4, 0.5) is 0 Å². The van der Waals surface area contributed by atoms with Crippen molar-refractivity contribution in [3.63, 3.8) is 0 Å². The van der Waals surface area contributed by atoms with Crippen molar-refractivity contribution in [1.82, 2.24) is 0 Å². The molecule has 0 aliphatic heterocycles. The third-order valence-electron chi connectivity index (χ3n) is 1.59. The van der Waals surface area contributed by atoms with Gasteiger partial charge in [0.2, 0.25) is 0 Å². The van der Waals surface area contributed by atoms with Crippen molar-refractivity contribution in [2.24, 2.45) is 0 Å². The zero-order chi connectivity index (χ0) is 10.3. The fourth-order valence-corrected chi connectivity index (χ4v) is 0.871. The van der Waals surface area contributed by atoms with Gasteiger partial charge in [-0.2, -0.15) is 0 Å². The Bertz CT molecular complexity index is 176. The Balaban J connectivity index is 3.72. The molecular formula is C9H16O4. The van der Waals surface area contributed by atoms with Gasteiger partial charge in [0, 0.05) is 6.42 Å². The van der Waals surface area contributed by atoms with E-state index < -0.39 is 6.10 Å². The molecule has 0 fully saturated rings. The zero-order valence-corrected chi connectivity index (χ0v) is 8.08. The molecule has 4 nitrogen and oxygen atoms in total. The molecule has 4 heteroatoms. The Hall–Kier alpha value is -0.870. The standard InChI is InChI=1S/C9H16O4/c1-4-12-9(10)6-5-8(13-11)7(2)3/h8,11H,2,4-6H2,1,3H3. The Labute approximate surface area is 78.1 Å².